The molecular weight excluding hydrogens is 186 g/mol. The molecule has 3 nitrogen and oxygen atoms in total. The average molecular weight is 199 g/mol. The lowest BCUT2D eigenvalue weighted by Gasteiger charge is -2.28. The average Bonchev–Trinajstić information content (AvgIpc) is 2.47. The zero-order chi connectivity index (χ0) is 10.7. The third kappa shape index (κ3) is 1.87. The van der Waals surface area contributed by atoms with Crippen molar-refractivity contribution in [3.63, 3.8) is 0 Å². The molecule has 2 heterocycles. The Hall–Kier alpha value is -1.74. The number of nitrogens with zero attached hydrogens (tertiary/aromatic N) is 3. The van der Waals surface area contributed by atoms with E-state index in [1.54, 1.807) is 0 Å². The monoisotopic (exact) mass is 199 g/mol. The van der Waals surface area contributed by atoms with Crippen molar-refractivity contribution in [2.45, 2.75) is 32.1 Å². The van der Waals surface area contributed by atoms with Crippen LogP contribution in [0.25, 0.3) is 0 Å². The fourth-order valence-corrected chi connectivity index (χ4v) is 2.18. The highest BCUT2D eigenvalue weighted by Crippen LogP contribution is 2.30. The van der Waals surface area contributed by atoms with Crippen LogP contribution in [0.2, 0.25) is 0 Å². The number of piperidine rings is 1. The third-order valence-corrected chi connectivity index (χ3v) is 2.99. The number of rotatable bonds is 0. The number of allylic oxidation sites excluding steroid dienone is 3. The number of hydrogen-bond acceptors (Lipinski definition) is 3. The molecule has 2 aliphatic heterocycles. The van der Waals surface area contributed by atoms with Crippen LogP contribution in [0, 0.1) is 22.7 Å². The van der Waals surface area contributed by atoms with Gasteiger partial charge in [-0.2, -0.15) is 10.5 Å². The van der Waals surface area contributed by atoms with Crippen molar-refractivity contribution in [2.24, 2.45) is 0 Å². The molecule has 1 saturated heterocycles. The predicted molar refractivity (Wildman–Crippen MR) is 56.1 cm³/mol. The minimum absolute atomic E-state index is 0.708. The lowest BCUT2D eigenvalue weighted by atomic mass is 10.0. The van der Waals surface area contributed by atoms with Gasteiger partial charge in [-0.1, -0.05) is 0 Å². The summed E-state index contributed by atoms with van der Waals surface area (Å²) in [6.07, 6.45) is 6.65. The van der Waals surface area contributed by atoms with Crippen molar-refractivity contribution >= 4 is 0 Å². The predicted octanol–water partition coefficient (Wildman–Crippen LogP) is 2.45. The number of fused-ring (bicyclic) bond motifs is 1. The van der Waals surface area contributed by atoms with Crippen LogP contribution in [0.3, 0.4) is 0 Å². The summed E-state index contributed by atoms with van der Waals surface area (Å²) >= 11 is 0. The van der Waals surface area contributed by atoms with E-state index in [1.165, 1.54) is 0 Å². The smallest absolute Gasteiger partial charge is 0.0965 e. The summed E-state index contributed by atoms with van der Waals surface area (Å²) in [5.41, 5.74) is 2.81. The first-order chi connectivity index (χ1) is 7.35. The summed E-state index contributed by atoms with van der Waals surface area (Å²) in [4.78, 5) is 2.10. The molecule has 0 aromatic heterocycles. The second-order valence-electron chi connectivity index (χ2n) is 3.95. The molecular formula is C12H13N3. The zero-order valence-corrected chi connectivity index (χ0v) is 8.66. The summed E-state index contributed by atoms with van der Waals surface area (Å²) < 4.78 is 0. The molecule has 2 aliphatic rings. The first-order valence-electron chi connectivity index (χ1n) is 5.34. The van der Waals surface area contributed by atoms with Crippen LogP contribution in [0.4, 0.5) is 0 Å². The molecule has 2 rings (SSSR count). The minimum Gasteiger partial charge on any atom is -0.349 e. The van der Waals surface area contributed by atoms with Gasteiger partial charge in [0.1, 0.15) is 0 Å². The molecule has 0 aromatic carbocycles. The second-order valence-corrected chi connectivity index (χ2v) is 3.95. The molecule has 15 heavy (non-hydrogen) atoms. The topological polar surface area (TPSA) is 50.8 Å². The quantitative estimate of drug-likeness (QED) is 0.602. The Labute approximate surface area is 89.9 Å². The zero-order valence-electron chi connectivity index (χ0n) is 8.66. The van der Waals surface area contributed by atoms with Crippen LogP contribution in [-0.4, -0.2) is 11.4 Å². The molecule has 0 amide bonds. The first kappa shape index (κ1) is 9.80. The summed E-state index contributed by atoms with van der Waals surface area (Å²) in [7, 11) is 0. The van der Waals surface area contributed by atoms with Gasteiger partial charge in [0.25, 0.3) is 0 Å². The molecule has 0 aliphatic carbocycles. The second kappa shape index (κ2) is 4.19. The van der Waals surface area contributed by atoms with Crippen LogP contribution in [-0.2, 0) is 0 Å². The van der Waals surface area contributed by atoms with Crippen LogP contribution in [0.1, 0.15) is 32.1 Å². The van der Waals surface area contributed by atoms with Gasteiger partial charge in [0.2, 0.25) is 0 Å². The molecule has 0 N–H and O–H groups in total. The third-order valence-electron chi connectivity index (χ3n) is 2.99. The number of nitriles is 2. The van der Waals surface area contributed by atoms with Gasteiger partial charge in [0, 0.05) is 29.6 Å². The molecule has 3 heteroatoms. The Morgan fingerprint density at radius 1 is 1.07 bits per heavy atom. The van der Waals surface area contributed by atoms with E-state index >= 15 is 0 Å². The Balaban J connectivity index is 2.36. The van der Waals surface area contributed by atoms with E-state index in [2.05, 4.69) is 17.0 Å². The van der Waals surface area contributed by atoms with Crippen molar-refractivity contribution in [2.75, 3.05) is 6.54 Å². The molecule has 76 valence electrons. The Morgan fingerprint density at radius 2 is 1.93 bits per heavy atom. The molecule has 0 unspecified atom stereocenters. The Bertz CT molecular complexity index is 404. The van der Waals surface area contributed by atoms with E-state index in [0.717, 1.165) is 49.1 Å². The van der Waals surface area contributed by atoms with Crippen LogP contribution >= 0.6 is 0 Å². The first-order valence-corrected chi connectivity index (χ1v) is 5.34. The van der Waals surface area contributed by atoms with Gasteiger partial charge in [0.15, 0.2) is 0 Å². The van der Waals surface area contributed by atoms with E-state index in [1.807, 2.05) is 6.20 Å². The maximum absolute atomic E-state index is 9.07. The number of hydrogen-bond donors (Lipinski definition) is 0. The highest BCUT2D eigenvalue weighted by molar-refractivity contribution is 5.35. The normalized spacial score (nSPS) is 20.9. The highest BCUT2D eigenvalue weighted by Gasteiger charge is 2.20. The van der Waals surface area contributed by atoms with E-state index in [4.69, 9.17) is 10.5 Å². The van der Waals surface area contributed by atoms with Gasteiger partial charge in [-0.15, -0.1) is 0 Å². The molecule has 0 spiro atoms. The van der Waals surface area contributed by atoms with E-state index < -0.39 is 0 Å². The lowest BCUT2D eigenvalue weighted by Crippen LogP contribution is -2.23. The van der Waals surface area contributed by atoms with Gasteiger partial charge in [-0.05, 0) is 32.1 Å². The summed E-state index contributed by atoms with van der Waals surface area (Å²) in [5, 5.41) is 18.0. The fraction of sp³-hybridized carbons (Fsp3) is 0.500. The largest absolute Gasteiger partial charge is 0.349 e. The molecule has 0 bridgehead atoms. The van der Waals surface area contributed by atoms with Crippen molar-refractivity contribution in [3.8, 4) is 12.1 Å². The summed E-state index contributed by atoms with van der Waals surface area (Å²) in [6.45, 7) is 0.950. The molecule has 0 saturated carbocycles. The van der Waals surface area contributed by atoms with Gasteiger partial charge in [-0.3, -0.25) is 0 Å². The van der Waals surface area contributed by atoms with Crippen LogP contribution in [0.15, 0.2) is 23.0 Å². The summed E-state index contributed by atoms with van der Waals surface area (Å²) in [5.74, 6) is 0. The van der Waals surface area contributed by atoms with E-state index in [9.17, 15) is 0 Å². The summed E-state index contributed by atoms with van der Waals surface area (Å²) in [6, 6.07) is 4.49. The van der Waals surface area contributed by atoms with Gasteiger partial charge >= 0.3 is 0 Å². The standard InChI is InChI=1S/C12H13N3/c13-7-10-4-5-11(8-14)12-3-1-2-6-15(12)9-10/h9H,1-6H2. The van der Waals surface area contributed by atoms with Gasteiger partial charge in [0.05, 0.1) is 12.1 Å². The van der Waals surface area contributed by atoms with E-state index in [0.29, 0.717) is 6.42 Å². The van der Waals surface area contributed by atoms with E-state index in [-0.39, 0.29) is 0 Å². The maximum atomic E-state index is 9.07. The highest BCUT2D eigenvalue weighted by atomic mass is 15.1. The molecule has 1 fully saturated rings. The van der Waals surface area contributed by atoms with Crippen molar-refractivity contribution in [1.82, 2.24) is 4.90 Å². The van der Waals surface area contributed by atoms with Gasteiger partial charge < -0.3 is 4.90 Å². The van der Waals surface area contributed by atoms with Crippen molar-refractivity contribution < 1.29 is 0 Å². The Morgan fingerprint density at radius 3 is 2.67 bits per heavy atom. The Kier molecular flexibility index (Phi) is 2.74. The molecule has 0 radical (unpaired) electrons. The van der Waals surface area contributed by atoms with Crippen LogP contribution in [0.5, 0.6) is 0 Å². The molecule has 0 aromatic rings. The molecule has 0 atom stereocenters. The van der Waals surface area contributed by atoms with Crippen molar-refractivity contribution in [1.29, 1.82) is 10.5 Å². The maximum Gasteiger partial charge on any atom is 0.0965 e. The minimum atomic E-state index is 0.708. The fourth-order valence-electron chi connectivity index (χ4n) is 2.18. The van der Waals surface area contributed by atoms with Gasteiger partial charge in [-0.25, -0.2) is 0 Å². The van der Waals surface area contributed by atoms with Crippen molar-refractivity contribution in [3.05, 3.63) is 23.0 Å². The van der Waals surface area contributed by atoms with Crippen LogP contribution < -0.4 is 0 Å². The SMILES string of the molecule is N#CC1=CN2CCCCC2=C(C#N)CC1. The lowest BCUT2D eigenvalue weighted by molar-refractivity contribution is 0.376.